The number of hydrogen-bond donors (Lipinski definition) is 1. The number of nitrogens with zero attached hydrogens (tertiary/aromatic N) is 1. The van der Waals surface area contributed by atoms with E-state index in [0.717, 1.165) is 17.7 Å². The van der Waals surface area contributed by atoms with E-state index in [0.29, 0.717) is 0 Å². The topological polar surface area (TPSA) is 81.5 Å². The second-order valence-electron chi connectivity index (χ2n) is 4.56. The van der Waals surface area contributed by atoms with Crippen LogP contribution in [0.15, 0.2) is 42.5 Å². The summed E-state index contributed by atoms with van der Waals surface area (Å²) in [6.07, 6.45) is -0.892. The van der Waals surface area contributed by atoms with Crippen LogP contribution in [0.2, 0.25) is 0 Å². The SMILES string of the molecule is Cc1cc(F)cc(NC(=O)OCc2ccccc2)c1[N+](=O)[O-]. The van der Waals surface area contributed by atoms with Gasteiger partial charge < -0.3 is 4.74 Å². The van der Waals surface area contributed by atoms with Crippen molar-refractivity contribution in [2.24, 2.45) is 0 Å². The minimum absolute atomic E-state index is 0.00870. The van der Waals surface area contributed by atoms with Crippen molar-refractivity contribution in [1.29, 1.82) is 0 Å². The number of nitro groups is 1. The van der Waals surface area contributed by atoms with E-state index in [-0.39, 0.29) is 23.5 Å². The third kappa shape index (κ3) is 3.78. The number of hydrogen-bond acceptors (Lipinski definition) is 4. The van der Waals surface area contributed by atoms with Gasteiger partial charge in [0.05, 0.1) is 4.92 Å². The van der Waals surface area contributed by atoms with Gasteiger partial charge in [-0.1, -0.05) is 30.3 Å². The molecular formula is C15H13FN2O4. The molecule has 0 saturated heterocycles. The molecular weight excluding hydrogens is 291 g/mol. The minimum atomic E-state index is -0.892. The molecule has 22 heavy (non-hydrogen) atoms. The van der Waals surface area contributed by atoms with Gasteiger partial charge in [-0.25, -0.2) is 9.18 Å². The summed E-state index contributed by atoms with van der Waals surface area (Å²) in [7, 11) is 0. The number of ether oxygens (including phenoxy) is 1. The maximum atomic E-state index is 13.4. The molecule has 0 bridgehead atoms. The average molecular weight is 304 g/mol. The summed E-state index contributed by atoms with van der Waals surface area (Å²) in [5.74, 6) is -0.679. The van der Waals surface area contributed by atoms with Crippen molar-refractivity contribution in [3.05, 3.63) is 69.5 Å². The maximum Gasteiger partial charge on any atom is 0.412 e. The zero-order valence-corrected chi connectivity index (χ0v) is 11.7. The molecule has 6 nitrogen and oxygen atoms in total. The van der Waals surface area contributed by atoms with Crippen molar-refractivity contribution in [2.75, 3.05) is 5.32 Å². The first-order chi connectivity index (χ1) is 10.5. The Morgan fingerprint density at radius 2 is 2.00 bits per heavy atom. The molecule has 0 aliphatic rings. The van der Waals surface area contributed by atoms with Crippen LogP contribution in [0.5, 0.6) is 0 Å². The summed E-state index contributed by atoms with van der Waals surface area (Å²) in [6, 6.07) is 10.8. The summed E-state index contributed by atoms with van der Waals surface area (Å²) >= 11 is 0. The van der Waals surface area contributed by atoms with E-state index in [4.69, 9.17) is 4.74 Å². The molecule has 7 heteroatoms. The predicted octanol–water partition coefficient (Wildman–Crippen LogP) is 3.79. The highest BCUT2D eigenvalue weighted by Gasteiger charge is 2.21. The quantitative estimate of drug-likeness (QED) is 0.688. The zero-order valence-electron chi connectivity index (χ0n) is 11.7. The van der Waals surface area contributed by atoms with Crippen LogP contribution in [0.25, 0.3) is 0 Å². The van der Waals surface area contributed by atoms with Crippen molar-refractivity contribution < 1.29 is 18.8 Å². The molecule has 0 radical (unpaired) electrons. The number of nitrogens with one attached hydrogen (secondary N) is 1. The van der Waals surface area contributed by atoms with E-state index in [1.165, 1.54) is 6.92 Å². The van der Waals surface area contributed by atoms with E-state index >= 15 is 0 Å². The lowest BCUT2D eigenvalue weighted by Crippen LogP contribution is -2.15. The van der Waals surface area contributed by atoms with Gasteiger partial charge in [-0.05, 0) is 18.6 Å². The number of carbonyl (C=O) groups is 1. The molecule has 0 aliphatic heterocycles. The molecule has 1 amide bonds. The molecule has 0 fully saturated rings. The van der Waals surface area contributed by atoms with Crippen LogP contribution in [-0.2, 0) is 11.3 Å². The lowest BCUT2D eigenvalue weighted by Gasteiger charge is -2.09. The zero-order chi connectivity index (χ0) is 16.1. The lowest BCUT2D eigenvalue weighted by molar-refractivity contribution is -0.384. The van der Waals surface area contributed by atoms with E-state index < -0.39 is 16.8 Å². The predicted molar refractivity (Wildman–Crippen MR) is 78.0 cm³/mol. The van der Waals surface area contributed by atoms with Crippen molar-refractivity contribution in [2.45, 2.75) is 13.5 Å². The van der Waals surface area contributed by atoms with Crippen molar-refractivity contribution in [3.63, 3.8) is 0 Å². The number of amides is 1. The molecule has 114 valence electrons. The van der Waals surface area contributed by atoms with Gasteiger partial charge in [0.15, 0.2) is 0 Å². The average Bonchev–Trinajstić information content (AvgIpc) is 2.45. The molecule has 2 aromatic carbocycles. The number of halogens is 1. The van der Waals surface area contributed by atoms with Crippen LogP contribution >= 0.6 is 0 Å². The van der Waals surface area contributed by atoms with Crippen LogP contribution in [0, 0.1) is 22.9 Å². The number of rotatable bonds is 4. The first-order valence-electron chi connectivity index (χ1n) is 6.39. The Labute approximate surface area is 125 Å². The van der Waals surface area contributed by atoms with Crippen LogP contribution in [0.4, 0.5) is 20.6 Å². The Hall–Kier alpha value is -2.96. The molecule has 2 aromatic rings. The summed E-state index contributed by atoms with van der Waals surface area (Å²) in [6.45, 7) is 1.40. The second-order valence-corrected chi connectivity index (χ2v) is 4.56. The second kappa shape index (κ2) is 6.66. The van der Waals surface area contributed by atoms with Gasteiger partial charge in [0.25, 0.3) is 5.69 Å². The van der Waals surface area contributed by atoms with E-state index in [1.807, 2.05) is 6.07 Å². The molecule has 0 aliphatic carbocycles. The number of nitro benzene ring substituents is 1. The highest BCUT2D eigenvalue weighted by atomic mass is 19.1. The highest BCUT2D eigenvalue weighted by Crippen LogP contribution is 2.29. The first-order valence-corrected chi connectivity index (χ1v) is 6.39. The summed E-state index contributed by atoms with van der Waals surface area (Å²) in [5, 5.41) is 13.2. The van der Waals surface area contributed by atoms with E-state index in [2.05, 4.69) is 5.32 Å². The largest absolute Gasteiger partial charge is 0.444 e. The van der Waals surface area contributed by atoms with Crippen LogP contribution in [-0.4, -0.2) is 11.0 Å². The Bertz CT molecular complexity index is 704. The standard InChI is InChI=1S/C15H13FN2O4/c1-10-7-12(16)8-13(14(10)18(20)21)17-15(19)22-9-11-5-3-2-4-6-11/h2-8H,9H2,1H3,(H,17,19). The molecule has 0 atom stereocenters. The van der Waals surface area contributed by atoms with Crippen LogP contribution < -0.4 is 5.32 Å². The summed E-state index contributed by atoms with van der Waals surface area (Å²) < 4.78 is 18.3. The molecule has 1 N–H and O–H groups in total. The molecule has 0 unspecified atom stereocenters. The fourth-order valence-corrected chi connectivity index (χ4v) is 1.94. The van der Waals surface area contributed by atoms with Gasteiger partial charge >= 0.3 is 6.09 Å². The van der Waals surface area contributed by atoms with Crippen molar-refractivity contribution in [1.82, 2.24) is 0 Å². The van der Waals surface area contributed by atoms with Gasteiger partial charge in [-0.2, -0.15) is 0 Å². The van der Waals surface area contributed by atoms with Gasteiger partial charge in [0, 0.05) is 11.6 Å². The molecule has 2 rings (SSSR count). The number of carbonyl (C=O) groups excluding carboxylic acids is 1. The Balaban J connectivity index is 2.10. The highest BCUT2D eigenvalue weighted by molar-refractivity contribution is 5.88. The van der Waals surface area contributed by atoms with Crippen LogP contribution in [0.3, 0.4) is 0 Å². The Morgan fingerprint density at radius 1 is 1.32 bits per heavy atom. The summed E-state index contributed by atoms with van der Waals surface area (Å²) in [4.78, 5) is 22.0. The molecule has 0 saturated carbocycles. The van der Waals surface area contributed by atoms with Gasteiger partial charge in [-0.3, -0.25) is 15.4 Å². The smallest absolute Gasteiger partial charge is 0.412 e. The normalized spacial score (nSPS) is 10.1. The van der Waals surface area contributed by atoms with Crippen molar-refractivity contribution >= 4 is 17.5 Å². The molecule has 0 heterocycles. The Morgan fingerprint density at radius 3 is 2.64 bits per heavy atom. The fraction of sp³-hybridized carbons (Fsp3) is 0.133. The monoisotopic (exact) mass is 304 g/mol. The molecule has 0 aromatic heterocycles. The number of benzene rings is 2. The number of anilines is 1. The fourth-order valence-electron chi connectivity index (χ4n) is 1.94. The molecule has 0 spiro atoms. The first kappa shape index (κ1) is 15.4. The third-order valence-corrected chi connectivity index (χ3v) is 2.90. The number of aryl methyl sites for hydroxylation is 1. The Kier molecular flexibility index (Phi) is 4.67. The van der Waals surface area contributed by atoms with Crippen LogP contribution in [0.1, 0.15) is 11.1 Å². The maximum absolute atomic E-state index is 13.4. The van der Waals surface area contributed by atoms with Gasteiger partial charge in [0.1, 0.15) is 18.1 Å². The lowest BCUT2D eigenvalue weighted by atomic mass is 10.1. The van der Waals surface area contributed by atoms with Gasteiger partial charge in [0.2, 0.25) is 0 Å². The van der Waals surface area contributed by atoms with E-state index in [9.17, 15) is 19.3 Å². The minimum Gasteiger partial charge on any atom is -0.444 e. The third-order valence-electron chi connectivity index (χ3n) is 2.90. The van der Waals surface area contributed by atoms with Gasteiger partial charge in [-0.15, -0.1) is 0 Å². The van der Waals surface area contributed by atoms with E-state index in [1.54, 1.807) is 24.3 Å². The van der Waals surface area contributed by atoms with Crippen molar-refractivity contribution in [3.8, 4) is 0 Å². The summed E-state index contributed by atoms with van der Waals surface area (Å²) in [5.41, 5.74) is 0.282.